The van der Waals surface area contributed by atoms with Gasteiger partial charge in [-0.25, -0.2) is 4.79 Å². The second-order valence-corrected chi connectivity index (χ2v) is 7.16. The van der Waals surface area contributed by atoms with E-state index in [-0.39, 0.29) is 6.79 Å². The topological polar surface area (TPSA) is 57.2 Å². The summed E-state index contributed by atoms with van der Waals surface area (Å²) >= 11 is 0. The zero-order valence-electron chi connectivity index (χ0n) is 16.2. The smallest absolute Gasteiger partial charge is 0.342 e. The number of benzene rings is 1. The number of hydrogen-bond donors (Lipinski definition) is 0. The van der Waals surface area contributed by atoms with Gasteiger partial charge in [0.1, 0.15) is 16.9 Å². The quantitative estimate of drug-likeness (QED) is 0.548. The van der Waals surface area contributed by atoms with Crippen LogP contribution in [0.25, 0.3) is 6.08 Å². The van der Waals surface area contributed by atoms with Crippen molar-refractivity contribution in [2.75, 3.05) is 40.2 Å². The zero-order chi connectivity index (χ0) is 19.2. The largest absolute Gasteiger partial charge is 0.466 e. The number of hydrogen-bond acceptors (Lipinski definition) is 6. The van der Waals surface area contributed by atoms with E-state index in [4.69, 9.17) is 18.9 Å². The molecule has 0 aromatic heterocycles. The van der Waals surface area contributed by atoms with Crippen molar-refractivity contribution in [3.63, 3.8) is 0 Å². The Morgan fingerprint density at radius 1 is 1.31 bits per heavy atom. The van der Waals surface area contributed by atoms with Crippen LogP contribution in [0.15, 0.2) is 18.7 Å². The van der Waals surface area contributed by atoms with Crippen LogP contribution in [0.2, 0.25) is 0 Å². The lowest BCUT2D eigenvalue weighted by Crippen LogP contribution is -2.36. The summed E-state index contributed by atoms with van der Waals surface area (Å²) in [5.41, 5.74) is 1.42. The molecule has 1 aliphatic rings. The number of nitrogens with zero attached hydrogens (tertiary/aromatic N) is 1. The second kappa shape index (κ2) is 9.16. The van der Waals surface area contributed by atoms with Gasteiger partial charge in [0.05, 0.1) is 13.2 Å². The first-order valence-corrected chi connectivity index (χ1v) is 8.79. The summed E-state index contributed by atoms with van der Waals surface area (Å²) in [5.74, 6) is 0.0393. The normalized spacial score (nSPS) is 15.5. The van der Waals surface area contributed by atoms with E-state index in [2.05, 4.69) is 11.5 Å². The van der Waals surface area contributed by atoms with Gasteiger partial charge in [0, 0.05) is 32.3 Å². The molecule has 0 unspecified atom stereocenters. The molecule has 0 bridgehead atoms. The molecule has 1 aromatic carbocycles. The summed E-state index contributed by atoms with van der Waals surface area (Å²) in [7, 11) is 1.54. The van der Waals surface area contributed by atoms with Gasteiger partial charge in [-0.2, -0.15) is 0 Å². The SMILES string of the molecule is C=Cc1ccc(CN2CCOCC2)c(C(=O)OC(C)(C)C)c1OCOC. The second-order valence-electron chi connectivity index (χ2n) is 7.16. The lowest BCUT2D eigenvalue weighted by molar-refractivity contribution is 0.00499. The first-order chi connectivity index (χ1) is 12.4. The van der Waals surface area contributed by atoms with Crippen LogP contribution < -0.4 is 4.74 Å². The molecule has 26 heavy (non-hydrogen) atoms. The van der Waals surface area contributed by atoms with Crippen LogP contribution in [0.3, 0.4) is 0 Å². The number of methoxy groups -OCH3 is 1. The highest BCUT2D eigenvalue weighted by molar-refractivity contribution is 5.96. The van der Waals surface area contributed by atoms with Crippen LogP contribution in [-0.4, -0.2) is 56.7 Å². The van der Waals surface area contributed by atoms with Crippen molar-refractivity contribution in [1.29, 1.82) is 0 Å². The minimum Gasteiger partial charge on any atom is -0.466 e. The Bertz CT molecular complexity index is 630. The maximum atomic E-state index is 13.0. The summed E-state index contributed by atoms with van der Waals surface area (Å²) in [6, 6.07) is 3.84. The summed E-state index contributed by atoms with van der Waals surface area (Å²) in [4.78, 5) is 15.2. The fraction of sp³-hybridized carbons (Fsp3) is 0.550. The van der Waals surface area contributed by atoms with Crippen LogP contribution in [-0.2, 0) is 20.8 Å². The van der Waals surface area contributed by atoms with E-state index < -0.39 is 11.6 Å². The van der Waals surface area contributed by atoms with Crippen LogP contribution in [0.1, 0.15) is 42.3 Å². The average molecular weight is 363 g/mol. The van der Waals surface area contributed by atoms with E-state index >= 15 is 0 Å². The molecule has 6 nitrogen and oxygen atoms in total. The van der Waals surface area contributed by atoms with E-state index in [9.17, 15) is 4.79 Å². The molecule has 144 valence electrons. The molecule has 0 atom stereocenters. The van der Waals surface area contributed by atoms with Gasteiger partial charge in [-0.3, -0.25) is 4.90 Å². The van der Waals surface area contributed by atoms with Gasteiger partial charge in [-0.1, -0.05) is 24.8 Å². The van der Waals surface area contributed by atoms with E-state index in [0.717, 1.165) is 24.2 Å². The lowest BCUT2D eigenvalue weighted by atomic mass is 10.0. The van der Waals surface area contributed by atoms with Crippen LogP contribution in [0.5, 0.6) is 5.75 Å². The van der Waals surface area contributed by atoms with Crippen molar-refractivity contribution >= 4 is 12.0 Å². The van der Waals surface area contributed by atoms with E-state index in [1.54, 1.807) is 6.08 Å². The van der Waals surface area contributed by atoms with Crippen molar-refractivity contribution in [2.45, 2.75) is 32.9 Å². The molecule has 1 saturated heterocycles. The number of carbonyl (C=O) groups is 1. The lowest BCUT2D eigenvalue weighted by Gasteiger charge is -2.28. The van der Waals surface area contributed by atoms with Gasteiger partial charge in [-0.15, -0.1) is 0 Å². The van der Waals surface area contributed by atoms with Crippen molar-refractivity contribution in [3.8, 4) is 5.75 Å². The van der Waals surface area contributed by atoms with Gasteiger partial charge >= 0.3 is 5.97 Å². The summed E-state index contributed by atoms with van der Waals surface area (Å²) in [5, 5.41) is 0. The standard InChI is InChI=1S/C20H29NO5/c1-6-15-7-8-16(13-21-9-11-24-12-10-21)17(18(15)25-14-23-5)19(22)26-20(2,3)4/h6-8H,1,9-14H2,2-5H3. The molecule has 2 rings (SSSR count). The van der Waals surface area contributed by atoms with E-state index in [1.165, 1.54) is 7.11 Å². The zero-order valence-corrected chi connectivity index (χ0v) is 16.2. The predicted octanol–water partition coefficient (Wildman–Crippen LogP) is 3.10. The fourth-order valence-electron chi connectivity index (χ4n) is 2.76. The maximum absolute atomic E-state index is 13.0. The Morgan fingerprint density at radius 3 is 2.58 bits per heavy atom. The monoisotopic (exact) mass is 363 g/mol. The number of morpholine rings is 1. The van der Waals surface area contributed by atoms with E-state index in [0.29, 0.717) is 31.1 Å². The van der Waals surface area contributed by atoms with Gasteiger partial charge in [-0.05, 0) is 26.3 Å². The van der Waals surface area contributed by atoms with Gasteiger partial charge in [0.25, 0.3) is 0 Å². The molecule has 0 radical (unpaired) electrons. The number of esters is 1. The molecule has 1 fully saturated rings. The minimum atomic E-state index is -0.601. The summed E-state index contributed by atoms with van der Waals surface area (Å²) < 4.78 is 21.8. The molecular weight excluding hydrogens is 334 g/mol. The number of rotatable bonds is 7. The highest BCUT2D eigenvalue weighted by atomic mass is 16.7. The molecule has 6 heteroatoms. The van der Waals surface area contributed by atoms with Gasteiger partial charge in [0.15, 0.2) is 6.79 Å². The highest BCUT2D eigenvalue weighted by Crippen LogP contribution is 2.31. The van der Waals surface area contributed by atoms with Crippen molar-refractivity contribution in [2.24, 2.45) is 0 Å². The number of carbonyl (C=O) groups excluding carboxylic acids is 1. The van der Waals surface area contributed by atoms with Crippen LogP contribution >= 0.6 is 0 Å². The molecule has 0 saturated carbocycles. The number of ether oxygens (including phenoxy) is 4. The van der Waals surface area contributed by atoms with Crippen molar-refractivity contribution < 1.29 is 23.7 Å². The molecule has 1 heterocycles. The predicted molar refractivity (Wildman–Crippen MR) is 100 cm³/mol. The van der Waals surface area contributed by atoms with Crippen LogP contribution in [0.4, 0.5) is 0 Å². The van der Waals surface area contributed by atoms with Gasteiger partial charge in [0.2, 0.25) is 0 Å². The molecule has 0 aliphatic carbocycles. The molecule has 1 aliphatic heterocycles. The third-order valence-electron chi connectivity index (χ3n) is 3.92. The van der Waals surface area contributed by atoms with E-state index in [1.807, 2.05) is 32.9 Å². The first-order valence-electron chi connectivity index (χ1n) is 8.79. The summed E-state index contributed by atoms with van der Waals surface area (Å²) in [6.45, 7) is 13.1. The highest BCUT2D eigenvalue weighted by Gasteiger charge is 2.27. The third-order valence-corrected chi connectivity index (χ3v) is 3.92. The fourth-order valence-corrected chi connectivity index (χ4v) is 2.76. The Balaban J connectivity index is 2.43. The summed E-state index contributed by atoms with van der Waals surface area (Å²) in [6.07, 6.45) is 1.66. The Kier molecular flexibility index (Phi) is 7.20. The average Bonchev–Trinajstić information content (AvgIpc) is 2.59. The Hall–Kier alpha value is -1.89. The maximum Gasteiger partial charge on any atom is 0.342 e. The third kappa shape index (κ3) is 5.56. The molecule has 1 aromatic rings. The van der Waals surface area contributed by atoms with Crippen LogP contribution in [0, 0.1) is 0 Å². The first kappa shape index (κ1) is 20.4. The van der Waals surface area contributed by atoms with Crippen molar-refractivity contribution in [3.05, 3.63) is 35.4 Å². The Morgan fingerprint density at radius 2 is 2.00 bits per heavy atom. The minimum absolute atomic E-state index is 0.0393. The molecule has 0 N–H and O–H groups in total. The Labute approximate surface area is 155 Å². The molecule has 0 amide bonds. The molecule has 0 spiro atoms. The molecular formula is C20H29NO5. The van der Waals surface area contributed by atoms with Crippen molar-refractivity contribution in [1.82, 2.24) is 4.90 Å². The van der Waals surface area contributed by atoms with Gasteiger partial charge < -0.3 is 18.9 Å².